The van der Waals surface area contributed by atoms with Gasteiger partial charge < -0.3 is 29.5 Å². The first kappa shape index (κ1) is 28.3. The topological polar surface area (TPSA) is 135 Å². The van der Waals surface area contributed by atoms with Gasteiger partial charge in [-0.25, -0.2) is 0 Å². The quantitative estimate of drug-likeness (QED) is 0.319. The lowest BCUT2D eigenvalue weighted by molar-refractivity contribution is -0.384. The lowest BCUT2D eigenvalue weighted by Crippen LogP contribution is -2.57. The molecule has 0 atom stereocenters. The molecule has 3 aliphatic rings. The van der Waals surface area contributed by atoms with Crippen LogP contribution >= 0.6 is 11.6 Å². The predicted molar refractivity (Wildman–Crippen MR) is 156 cm³/mol. The van der Waals surface area contributed by atoms with E-state index in [9.17, 15) is 24.5 Å². The van der Waals surface area contributed by atoms with Crippen LogP contribution in [0.15, 0.2) is 66.7 Å². The zero-order valence-corrected chi connectivity index (χ0v) is 23.8. The second-order valence-electron chi connectivity index (χ2n) is 10.6. The normalized spacial score (nSPS) is 17.0. The molecule has 0 unspecified atom stereocenters. The van der Waals surface area contributed by atoms with Gasteiger partial charge in [0.25, 0.3) is 17.5 Å². The smallest absolute Gasteiger partial charge is 0.270 e. The number of ether oxygens (including phenoxy) is 2. The Morgan fingerprint density at radius 2 is 1.74 bits per heavy atom. The van der Waals surface area contributed by atoms with E-state index in [0.717, 1.165) is 17.3 Å². The zero-order chi connectivity index (χ0) is 30.1. The van der Waals surface area contributed by atoms with Crippen molar-refractivity contribution in [1.29, 1.82) is 0 Å². The predicted octanol–water partition coefficient (Wildman–Crippen LogP) is 3.57. The Kier molecular flexibility index (Phi) is 7.53. The third kappa shape index (κ3) is 5.41. The second kappa shape index (κ2) is 11.4. The van der Waals surface area contributed by atoms with E-state index in [1.807, 2.05) is 47.4 Å². The van der Waals surface area contributed by atoms with Crippen molar-refractivity contribution >= 4 is 40.7 Å². The molecule has 2 fully saturated rings. The van der Waals surface area contributed by atoms with Gasteiger partial charge in [-0.1, -0.05) is 35.9 Å². The molecule has 0 bridgehead atoms. The van der Waals surface area contributed by atoms with Crippen LogP contribution in [0, 0.1) is 10.1 Å². The number of rotatable bonds is 7. The Morgan fingerprint density at radius 3 is 2.47 bits per heavy atom. The maximum absolute atomic E-state index is 14.0. The molecule has 0 radical (unpaired) electrons. The van der Waals surface area contributed by atoms with Gasteiger partial charge in [0.2, 0.25) is 12.7 Å². The molecule has 3 aliphatic heterocycles. The largest absolute Gasteiger partial charge is 0.454 e. The standard InChI is InChI=1S/C30H28ClN5O7/c31-24-15-22(36(40)41)7-8-23(24)28(38)33-12-10-30(11-13-33)29(39)34(18-35(30)21-4-2-1-3-5-21)17-27(37)32-16-20-6-9-25-26(14-20)43-19-42-25/h1-9,14-15H,10-13,16-19H2,(H,32,37). The highest BCUT2D eigenvalue weighted by Crippen LogP contribution is 2.40. The van der Waals surface area contributed by atoms with Crippen molar-refractivity contribution in [3.63, 3.8) is 0 Å². The van der Waals surface area contributed by atoms with Crippen molar-refractivity contribution in [2.24, 2.45) is 0 Å². The van der Waals surface area contributed by atoms with Gasteiger partial charge in [0.05, 0.1) is 22.2 Å². The Bertz CT molecular complexity index is 1590. The van der Waals surface area contributed by atoms with Crippen molar-refractivity contribution in [3.8, 4) is 11.5 Å². The van der Waals surface area contributed by atoms with Crippen molar-refractivity contribution in [3.05, 3.63) is 93.0 Å². The highest BCUT2D eigenvalue weighted by molar-refractivity contribution is 6.34. The molecule has 222 valence electrons. The van der Waals surface area contributed by atoms with Crippen molar-refractivity contribution in [1.82, 2.24) is 15.1 Å². The van der Waals surface area contributed by atoms with Crippen LogP contribution in [0.2, 0.25) is 5.02 Å². The van der Waals surface area contributed by atoms with Gasteiger partial charge in [0, 0.05) is 37.5 Å². The minimum atomic E-state index is -0.936. The first-order chi connectivity index (χ1) is 20.7. The number of piperidine rings is 1. The molecule has 3 heterocycles. The molecule has 1 N–H and O–H groups in total. The maximum atomic E-state index is 14.0. The highest BCUT2D eigenvalue weighted by Gasteiger charge is 2.54. The second-order valence-corrected chi connectivity index (χ2v) is 11.0. The van der Waals surface area contributed by atoms with Crippen LogP contribution in [0.1, 0.15) is 28.8 Å². The molecule has 0 saturated carbocycles. The minimum absolute atomic E-state index is 0.000256. The summed E-state index contributed by atoms with van der Waals surface area (Å²) in [6.07, 6.45) is 0.679. The molecule has 2 saturated heterocycles. The Labute approximate surface area is 251 Å². The molecule has 6 rings (SSSR count). The Hall–Kier alpha value is -4.84. The number of nitro groups is 1. The summed E-state index contributed by atoms with van der Waals surface area (Å²) in [5.74, 6) is 0.466. The SMILES string of the molecule is O=C(CN1CN(c2ccccc2)C2(CCN(C(=O)c3ccc([N+](=O)[O-])cc3Cl)CC2)C1=O)NCc1ccc2c(c1)OCO2. The van der Waals surface area contributed by atoms with E-state index in [1.165, 1.54) is 12.1 Å². The number of halogens is 1. The summed E-state index contributed by atoms with van der Waals surface area (Å²) in [5.41, 5.74) is 0.723. The van der Waals surface area contributed by atoms with Gasteiger partial charge in [0.1, 0.15) is 12.1 Å². The lowest BCUT2D eigenvalue weighted by Gasteiger charge is -2.43. The third-order valence-corrected chi connectivity index (χ3v) is 8.43. The number of amides is 3. The molecule has 3 aromatic rings. The monoisotopic (exact) mass is 605 g/mol. The van der Waals surface area contributed by atoms with Crippen LogP contribution in [-0.2, 0) is 16.1 Å². The molecule has 1 spiro atoms. The van der Waals surface area contributed by atoms with Gasteiger partial charge in [0.15, 0.2) is 11.5 Å². The van der Waals surface area contributed by atoms with E-state index < -0.39 is 10.5 Å². The number of nitrogens with zero attached hydrogens (tertiary/aromatic N) is 4. The molecular weight excluding hydrogens is 578 g/mol. The number of benzene rings is 3. The van der Waals surface area contributed by atoms with Gasteiger partial charge in [-0.3, -0.25) is 24.5 Å². The first-order valence-corrected chi connectivity index (χ1v) is 14.1. The fourth-order valence-corrected chi connectivity index (χ4v) is 6.10. The van der Waals surface area contributed by atoms with Crippen LogP contribution in [0.3, 0.4) is 0 Å². The van der Waals surface area contributed by atoms with Crippen molar-refractivity contribution in [2.75, 3.05) is 38.0 Å². The Morgan fingerprint density at radius 1 is 1.00 bits per heavy atom. The van der Waals surface area contributed by atoms with E-state index in [1.54, 1.807) is 15.9 Å². The van der Waals surface area contributed by atoms with E-state index >= 15 is 0 Å². The van der Waals surface area contributed by atoms with Gasteiger partial charge >= 0.3 is 0 Å². The first-order valence-electron chi connectivity index (χ1n) is 13.8. The van der Waals surface area contributed by atoms with Crippen LogP contribution in [0.4, 0.5) is 11.4 Å². The number of anilines is 1. The number of likely N-dealkylation sites (tertiary alicyclic amines) is 1. The van der Waals surface area contributed by atoms with Gasteiger partial charge in [-0.2, -0.15) is 0 Å². The average molecular weight is 606 g/mol. The molecule has 3 amide bonds. The summed E-state index contributed by atoms with van der Waals surface area (Å²) in [6.45, 7) is 1.08. The van der Waals surface area contributed by atoms with Crippen molar-refractivity contribution in [2.45, 2.75) is 24.9 Å². The Balaban J connectivity index is 1.15. The summed E-state index contributed by atoms with van der Waals surface area (Å²) < 4.78 is 10.7. The highest BCUT2D eigenvalue weighted by atomic mass is 35.5. The fraction of sp³-hybridized carbons (Fsp3) is 0.300. The molecule has 43 heavy (non-hydrogen) atoms. The summed E-state index contributed by atoms with van der Waals surface area (Å²) in [7, 11) is 0. The van der Waals surface area contributed by atoms with Gasteiger partial charge in [-0.15, -0.1) is 0 Å². The number of fused-ring (bicyclic) bond motifs is 1. The number of hydrogen-bond donors (Lipinski definition) is 1. The maximum Gasteiger partial charge on any atom is 0.270 e. The number of carbonyl (C=O) groups excluding carboxylic acids is 3. The number of nitrogens with one attached hydrogen (secondary N) is 1. The van der Waals surface area contributed by atoms with E-state index in [0.29, 0.717) is 24.3 Å². The molecule has 12 nitrogen and oxygen atoms in total. The number of para-hydroxylation sites is 1. The third-order valence-electron chi connectivity index (χ3n) is 8.11. The summed E-state index contributed by atoms with van der Waals surface area (Å²) in [6, 6.07) is 18.7. The van der Waals surface area contributed by atoms with Crippen LogP contribution in [0.5, 0.6) is 11.5 Å². The minimum Gasteiger partial charge on any atom is -0.454 e. The zero-order valence-electron chi connectivity index (χ0n) is 23.0. The van der Waals surface area contributed by atoms with E-state index in [4.69, 9.17) is 21.1 Å². The van der Waals surface area contributed by atoms with E-state index in [2.05, 4.69) is 5.32 Å². The van der Waals surface area contributed by atoms with Crippen molar-refractivity contribution < 1.29 is 28.8 Å². The average Bonchev–Trinajstić information content (AvgIpc) is 3.59. The molecule has 13 heteroatoms. The molecule has 0 aliphatic carbocycles. The summed E-state index contributed by atoms with van der Waals surface area (Å²) in [4.78, 5) is 55.9. The van der Waals surface area contributed by atoms with Crippen LogP contribution in [0.25, 0.3) is 0 Å². The fourth-order valence-electron chi connectivity index (χ4n) is 5.84. The van der Waals surface area contributed by atoms with E-state index in [-0.39, 0.29) is 73.6 Å². The number of non-ortho nitro benzene ring substituents is 1. The number of nitro benzene ring substituents is 1. The molecular formula is C30H28ClN5O7. The number of hydrogen-bond acceptors (Lipinski definition) is 8. The number of carbonyl (C=O) groups is 3. The molecule has 3 aromatic carbocycles. The summed E-state index contributed by atoms with van der Waals surface area (Å²) in [5, 5.41) is 14.0. The lowest BCUT2D eigenvalue weighted by atomic mass is 9.85. The van der Waals surface area contributed by atoms with Gasteiger partial charge in [-0.05, 0) is 48.7 Å². The van der Waals surface area contributed by atoms with Crippen LogP contribution in [-0.4, -0.2) is 71.1 Å². The van der Waals surface area contributed by atoms with Crippen LogP contribution < -0.4 is 19.7 Å². The molecule has 0 aromatic heterocycles. The summed E-state index contributed by atoms with van der Waals surface area (Å²) >= 11 is 6.22.